The summed E-state index contributed by atoms with van der Waals surface area (Å²) in [6.07, 6.45) is -0.954. The molecule has 0 aliphatic rings. The molecule has 0 saturated heterocycles. The van der Waals surface area contributed by atoms with Crippen molar-refractivity contribution in [2.45, 2.75) is 20.0 Å². The van der Waals surface area contributed by atoms with Crippen LogP contribution in [0, 0.1) is 0 Å². The lowest BCUT2D eigenvalue weighted by molar-refractivity contribution is -0.155. The average Bonchev–Trinajstić information content (AvgIpc) is 2.54. The van der Waals surface area contributed by atoms with Crippen molar-refractivity contribution in [1.29, 1.82) is 0 Å². The summed E-state index contributed by atoms with van der Waals surface area (Å²) in [5.74, 6) is -1.31. The summed E-state index contributed by atoms with van der Waals surface area (Å²) in [7, 11) is 1.49. The van der Waals surface area contributed by atoms with E-state index in [-0.39, 0.29) is 12.5 Å². The summed E-state index contributed by atoms with van der Waals surface area (Å²) in [5, 5.41) is 4.79. The van der Waals surface area contributed by atoms with Crippen LogP contribution in [-0.2, 0) is 19.1 Å². The standard InChI is InChI=1S/C18H20N2O4/c1-12(24-17(22)11-20(3)13(2)21)18(23)19-16-9-8-14-6-4-5-7-15(14)10-16/h4-10,12H,11H2,1-3H3,(H,19,23). The quantitative estimate of drug-likeness (QED) is 0.854. The molecule has 24 heavy (non-hydrogen) atoms. The Bertz CT molecular complexity index is 772. The number of hydrogen-bond donors (Lipinski definition) is 1. The highest BCUT2D eigenvalue weighted by molar-refractivity contribution is 5.97. The predicted octanol–water partition coefficient (Wildman–Crippen LogP) is 2.19. The van der Waals surface area contributed by atoms with Gasteiger partial charge in [0, 0.05) is 19.7 Å². The molecule has 0 heterocycles. The van der Waals surface area contributed by atoms with E-state index in [2.05, 4.69) is 5.32 Å². The number of nitrogens with one attached hydrogen (secondary N) is 1. The molecule has 0 saturated carbocycles. The summed E-state index contributed by atoms with van der Waals surface area (Å²) in [5.41, 5.74) is 0.627. The second kappa shape index (κ2) is 7.59. The Hall–Kier alpha value is -2.89. The van der Waals surface area contributed by atoms with Crippen molar-refractivity contribution in [1.82, 2.24) is 4.90 Å². The number of hydrogen-bond acceptors (Lipinski definition) is 4. The van der Waals surface area contributed by atoms with E-state index in [4.69, 9.17) is 4.74 Å². The molecule has 2 aromatic carbocycles. The number of nitrogens with zero attached hydrogens (tertiary/aromatic N) is 1. The minimum Gasteiger partial charge on any atom is -0.451 e. The summed E-state index contributed by atoms with van der Waals surface area (Å²) in [4.78, 5) is 36.1. The largest absolute Gasteiger partial charge is 0.451 e. The van der Waals surface area contributed by atoms with Gasteiger partial charge in [0.25, 0.3) is 5.91 Å². The molecule has 6 heteroatoms. The van der Waals surface area contributed by atoms with Gasteiger partial charge in [0.05, 0.1) is 0 Å². The van der Waals surface area contributed by atoms with E-state index >= 15 is 0 Å². The first kappa shape index (κ1) is 17.5. The minimum absolute atomic E-state index is 0.192. The fourth-order valence-electron chi connectivity index (χ4n) is 2.10. The first-order valence-corrected chi connectivity index (χ1v) is 7.57. The molecule has 0 spiro atoms. The lowest BCUT2D eigenvalue weighted by Crippen LogP contribution is -2.36. The Balaban J connectivity index is 1.95. The van der Waals surface area contributed by atoms with Crippen LogP contribution in [0.25, 0.3) is 10.8 Å². The van der Waals surface area contributed by atoms with Crippen LogP contribution in [0.5, 0.6) is 0 Å². The second-order valence-electron chi connectivity index (χ2n) is 5.56. The number of likely N-dealkylation sites (N-methyl/N-ethyl adjacent to an activating group) is 1. The minimum atomic E-state index is -0.954. The van der Waals surface area contributed by atoms with Gasteiger partial charge >= 0.3 is 5.97 Å². The zero-order chi connectivity index (χ0) is 17.7. The molecular weight excluding hydrogens is 308 g/mol. The van der Waals surface area contributed by atoms with E-state index in [1.54, 1.807) is 6.07 Å². The van der Waals surface area contributed by atoms with Gasteiger partial charge in [0.15, 0.2) is 6.10 Å². The molecular formula is C18H20N2O4. The van der Waals surface area contributed by atoms with E-state index < -0.39 is 18.0 Å². The maximum atomic E-state index is 12.1. The van der Waals surface area contributed by atoms with Gasteiger partial charge in [0.2, 0.25) is 5.91 Å². The molecule has 1 atom stereocenters. The Labute approximate surface area is 140 Å². The normalized spacial score (nSPS) is 11.6. The monoisotopic (exact) mass is 328 g/mol. The van der Waals surface area contributed by atoms with Crippen molar-refractivity contribution < 1.29 is 19.1 Å². The molecule has 1 unspecified atom stereocenters. The molecule has 0 radical (unpaired) electrons. The highest BCUT2D eigenvalue weighted by Crippen LogP contribution is 2.19. The maximum Gasteiger partial charge on any atom is 0.326 e. The smallest absolute Gasteiger partial charge is 0.326 e. The number of carbonyl (C=O) groups excluding carboxylic acids is 3. The number of benzene rings is 2. The molecule has 2 rings (SSSR count). The van der Waals surface area contributed by atoms with Crippen LogP contribution >= 0.6 is 0 Å². The third kappa shape index (κ3) is 4.55. The van der Waals surface area contributed by atoms with Gasteiger partial charge in [-0.15, -0.1) is 0 Å². The second-order valence-corrected chi connectivity index (χ2v) is 5.56. The van der Waals surface area contributed by atoms with Gasteiger partial charge in [-0.1, -0.05) is 30.3 Å². The van der Waals surface area contributed by atoms with Gasteiger partial charge < -0.3 is 15.0 Å². The molecule has 2 aromatic rings. The number of anilines is 1. The number of esters is 1. The third-order valence-electron chi connectivity index (χ3n) is 3.60. The van der Waals surface area contributed by atoms with Gasteiger partial charge in [-0.2, -0.15) is 0 Å². The number of amides is 2. The third-order valence-corrected chi connectivity index (χ3v) is 3.60. The van der Waals surface area contributed by atoms with Gasteiger partial charge in [-0.05, 0) is 29.8 Å². The Morgan fingerprint density at radius 1 is 1.12 bits per heavy atom. The van der Waals surface area contributed by atoms with Crippen molar-refractivity contribution in [2.75, 3.05) is 18.9 Å². The lowest BCUT2D eigenvalue weighted by Gasteiger charge is -2.17. The van der Waals surface area contributed by atoms with E-state index in [1.807, 2.05) is 36.4 Å². The van der Waals surface area contributed by atoms with Crippen molar-refractivity contribution in [3.05, 3.63) is 42.5 Å². The SMILES string of the molecule is CC(=O)N(C)CC(=O)OC(C)C(=O)Nc1ccc2ccccc2c1. The zero-order valence-corrected chi connectivity index (χ0v) is 13.9. The van der Waals surface area contributed by atoms with Crippen LogP contribution in [-0.4, -0.2) is 42.4 Å². The van der Waals surface area contributed by atoms with E-state index in [0.29, 0.717) is 5.69 Å². The van der Waals surface area contributed by atoms with Crippen molar-refractivity contribution >= 4 is 34.2 Å². The van der Waals surface area contributed by atoms with Gasteiger partial charge in [-0.25, -0.2) is 0 Å². The van der Waals surface area contributed by atoms with Crippen LogP contribution in [0.2, 0.25) is 0 Å². The fourth-order valence-corrected chi connectivity index (χ4v) is 2.10. The molecule has 0 aliphatic carbocycles. The molecule has 6 nitrogen and oxygen atoms in total. The van der Waals surface area contributed by atoms with Gasteiger partial charge in [0.1, 0.15) is 6.54 Å². The predicted molar refractivity (Wildman–Crippen MR) is 91.4 cm³/mol. The van der Waals surface area contributed by atoms with E-state index in [9.17, 15) is 14.4 Å². The van der Waals surface area contributed by atoms with Crippen LogP contribution in [0.1, 0.15) is 13.8 Å². The van der Waals surface area contributed by atoms with Crippen LogP contribution in [0.15, 0.2) is 42.5 Å². The summed E-state index contributed by atoms with van der Waals surface area (Å²) in [6, 6.07) is 13.3. The number of fused-ring (bicyclic) bond motifs is 1. The van der Waals surface area contributed by atoms with Crippen LogP contribution in [0.4, 0.5) is 5.69 Å². The highest BCUT2D eigenvalue weighted by Gasteiger charge is 2.19. The topological polar surface area (TPSA) is 75.7 Å². The lowest BCUT2D eigenvalue weighted by atomic mass is 10.1. The van der Waals surface area contributed by atoms with Crippen molar-refractivity contribution in [3.8, 4) is 0 Å². The number of ether oxygens (including phenoxy) is 1. The Morgan fingerprint density at radius 2 is 1.79 bits per heavy atom. The Kier molecular flexibility index (Phi) is 5.52. The van der Waals surface area contributed by atoms with E-state index in [1.165, 1.54) is 25.8 Å². The van der Waals surface area contributed by atoms with Crippen LogP contribution < -0.4 is 5.32 Å². The van der Waals surface area contributed by atoms with Crippen LogP contribution in [0.3, 0.4) is 0 Å². The first-order valence-electron chi connectivity index (χ1n) is 7.57. The average molecular weight is 328 g/mol. The summed E-state index contributed by atoms with van der Waals surface area (Å²) >= 11 is 0. The molecule has 0 aliphatic heterocycles. The summed E-state index contributed by atoms with van der Waals surface area (Å²) in [6.45, 7) is 2.65. The molecule has 0 fully saturated rings. The fraction of sp³-hybridized carbons (Fsp3) is 0.278. The zero-order valence-electron chi connectivity index (χ0n) is 13.9. The molecule has 0 bridgehead atoms. The molecule has 126 valence electrons. The van der Waals surface area contributed by atoms with Crippen molar-refractivity contribution in [2.24, 2.45) is 0 Å². The van der Waals surface area contributed by atoms with Gasteiger partial charge in [-0.3, -0.25) is 14.4 Å². The number of rotatable bonds is 5. The van der Waals surface area contributed by atoms with E-state index in [0.717, 1.165) is 10.8 Å². The highest BCUT2D eigenvalue weighted by atomic mass is 16.5. The number of carbonyl (C=O) groups is 3. The van der Waals surface area contributed by atoms with Crippen molar-refractivity contribution in [3.63, 3.8) is 0 Å². The summed E-state index contributed by atoms with van der Waals surface area (Å²) < 4.78 is 5.05. The molecule has 1 N–H and O–H groups in total. The first-order chi connectivity index (χ1) is 11.4. The Morgan fingerprint density at radius 3 is 2.46 bits per heavy atom. The molecule has 2 amide bonds. The molecule has 0 aromatic heterocycles. The maximum absolute atomic E-state index is 12.1.